The van der Waals surface area contributed by atoms with Gasteiger partial charge in [0.1, 0.15) is 11.3 Å². The van der Waals surface area contributed by atoms with E-state index in [0.29, 0.717) is 6.42 Å². The smallest absolute Gasteiger partial charge is 0.342 e. The van der Waals surface area contributed by atoms with E-state index in [4.69, 9.17) is 4.74 Å². The van der Waals surface area contributed by atoms with Crippen LogP contribution < -0.4 is 0 Å². The van der Waals surface area contributed by atoms with Crippen molar-refractivity contribution in [2.75, 3.05) is 18.1 Å². The maximum Gasteiger partial charge on any atom is 0.342 e. The Balaban J connectivity index is 1.64. The van der Waals surface area contributed by atoms with Gasteiger partial charge in [-0.2, -0.15) is 0 Å². The van der Waals surface area contributed by atoms with Gasteiger partial charge in [0.15, 0.2) is 16.4 Å². The van der Waals surface area contributed by atoms with Gasteiger partial charge >= 0.3 is 5.97 Å². The van der Waals surface area contributed by atoms with Gasteiger partial charge in [-0.05, 0) is 38.3 Å². The van der Waals surface area contributed by atoms with Crippen LogP contribution in [0, 0.1) is 6.92 Å². The normalized spacial score (nSPS) is 21.7. The van der Waals surface area contributed by atoms with Crippen LogP contribution in [0.25, 0.3) is 0 Å². The molecule has 2 aliphatic rings. The molecule has 1 aromatic carbocycles. The molecular weight excluding hydrogens is 346 g/mol. The molecular formula is C17H21NO6S. The lowest BCUT2D eigenvalue weighted by Gasteiger charge is -2.28. The zero-order valence-corrected chi connectivity index (χ0v) is 14.8. The Morgan fingerprint density at radius 1 is 1.24 bits per heavy atom. The van der Waals surface area contributed by atoms with Gasteiger partial charge < -0.3 is 14.7 Å². The number of phenolic OH excluding ortho intramolecular Hbond substituents is 1. The number of sulfone groups is 1. The molecule has 0 unspecified atom stereocenters. The Hall–Kier alpha value is -2.09. The number of aromatic hydroxyl groups is 1. The fourth-order valence-corrected chi connectivity index (χ4v) is 4.86. The van der Waals surface area contributed by atoms with Crippen molar-refractivity contribution in [1.29, 1.82) is 0 Å². The first-order valence-electron chi connectivity index (χ1n) is 8.25. The monoisotopic (exact) mass is 367 g/mol. The van der Waals surface area contributed by atoms with Crippen molar-refractivity contribution in [3.05, 3.63) is 29.3 Å². The third kappa shape index (κ3) is 4.12. The summed E-state index contributed by atoms with van der Waals surface area (Å²) in [5.41, 5.74) is 0.793. The van der Waals surface area contributed by atoms with Crippen molar-refractivity contribution >= 4 is 21.7 Å². The van der Waals surface area contributed by atoms with E-state index in [1.54, 1.807) is 17.9 Å². The van der Waals surface area contributed by atoms with Crippen molar-refractivity contribution < 1.29 is 27.9 Å². The first kappa shape index (κ1) is 17.7. The summed E-state index contributed by atoms with van der Waals surface area (Å²) >= 11 is 0. The predicted molar refractivity (Wildman–Crippen MR) is 90.1 cm³/mol. The van der Waals surface area contributed by atoms with Crippen LogP contribution in [-0.4, -0.2) is 60.5 Å². The molecule has 2 fully saturated rings. The molecule has 136 valence electrons. The van der Waals surface area contributed by atoms with Crippen LogP contribution in [0.1, 0.15) is 35.2 Å². The van der Waals surface area contributed by atoms with Gasteiger partial charge in [0.05, 0.1) is 11.5 Å². The number of hydrogen-bond acceptors (Lipinski definition) is 6. The number of ether oxygens (including phenoxy) is 1. The number of hydrogen-bond donors (Lipinski definition) is 1. The van der Waals surface area contributed by atoms with E-state index in [0.717, 1.165) is 18.4 Å². The zero-order valence-electron chi connectivity index (χ0n) is 14.0. The number of nitrogens with zero attached hydrogens (tertiary/aromatic N) is 1. The lowest BCUT2D eigenvalue weighted by atomic mass is 10.1. The third-order valence-corrected chi connectivity index (χ3v) is 6.28. The second kappa shape index (κ2) is 6.67. The molecule has 1 heterocycles. The number of benzene rings is 1. The standard InChI is InChI=1S/C17H21NO6S/c1-11-2-5-15(19)14(8-11)17(21)24-9-16(20)18(12-3-4-12)13-6-7-25(22,23)10-13/h2,5,8,12-13,19H,3-4,6-7,9-10H2,1H3/t13-/m0/s1. The number of carbonyl (C=O) groups is 2. The number of aryl methyl sites for hydroxylation is 1. The van der Waals surface area contributed by atoms with Gasteiger partial charge in [0.2, 0.25) is 0 Å². The SMILES string of the molecule is Cc1ccc(O)c(C(=O)OCC(=O)N(C2CC2)[C@H]2CCS(=O)(=O)C2)c1. The van der Waals surface area contributed by atoms with Crippen molar-refractivity contribution in [3.8, 4) is 5.75 Å². The number of amides is 1. The molecule has 1 aliphatic carbocycles. The molecule has 1 saturated carbocycles. The maximum atomic E-state index is 12.5. The summed E-state index contributed by atoms with van der Waals surface area (Å²) in [6.45, 7) is 1.32. The van der Waals surface area contributed by atoms with Crippen LogP contribution in [0.15, 0.2) is 18.2 Å². The minimum Gasteiger partial charge on any atom is -0.507 e. The third-order valence-electron chi connectivity index (χ3n) is 4.53. The Kier molecular flexibility index (Phi) is 4.73. The van der Waals surface area contributed by atoms with Gasteiger partial charge in [0, 0.05) is 12.1 Å². The Labute approximate surface area is 146 Å². The molecule has 0 radical (unpaired) electrons. The van der Waals surface area contributed by atoms with Gasteiger partial charge in [-0.15, -0.1) is 0 Å². The highest BCUT2D eigenvalue weighted by molar-refractivity contribution is 7.91. The summed E-state index contributed by atoms with van der Waals surface area (Å²) in [5.74, 6) is -1.30. The molecule has 7 nitrogen and oxygen atoms in total. The van der Waals surface area contributed by atoms with Crippen LogP contribution in [0.4, 0.5) is 0 Å². The van der Waals surface area contributed by atoms with Gasteiger partial charge in [0.25, 0.3) is 5.91 Å². The molecule has 0 aromatic heterocycles. The van der Waals surface area contributed by atoms with Gasteiger partial charge in [-0.25, -0.2) is 13.2 Å². The van der Waals surface area contributed by atoms with E-state index in [2.05, 4.69) is 0 Å². The van der Waals surface area contributed by atoms with Crippen LogP contribution in [-0.2, 0) is 19.4 Å². The summed E-state index contributed by atoms with van der Waals surface area (Å²) in [4.78, 5) is 26.2. The first-order chi connectivity index (χ1) is 11.8. The molecule has 25 heavy (non-hydrogen) atoms. The quantitative estimate of drug-likeness (QED) is 0.780. The lowest BCUT2D eigenvalue weighted by Crippen LogP contribution is -2.44. The number of phenols is 1. The molecule has 1 amide bonds. The predicted octanol–water partition coefficient (Wildman–Crippen LogP) is 1.04. The summed E-state index contributed by atoms with van der Waals surface area (Å²) < 4.78 is 28.4. The maximum absolute atomic E-state index is 12.5. The highest BCUT2D eigenvalue weighted by Crippen LogP contribution is 2.32. The summed E-state index contributed by atoms with van der Waals surface area (Å²) in [6.07, 6.45) is 2.11. The fourth-order valence-electron chi connectivity index (χ4n) is 3.15. The average Bonchev–Trinajstić information content (AvgIpc) is 3.31. The van der Waals surface area contributed by atoms with Crippen LogP contribution >= 0.6 is 0 Å². The molecule has 1 N–H and O–H groups in total. The Morgan fingerprint density at radius 3 is 2.56 bits per heavy atom. The van der Waals surface area contributed by atoms with Crippen molar-refractivity contribution in [2.24, 2.45) is 0 Å². The highest BCUT2D eigenvalue weighted by atomic mass is 32.2. The number of carbonyl (C=O) groups excluding carboxylic acids is 2. The minimum atomic E-state index is -3.10. The van der Waals surface area contributed by atoms with E-state index in [-0.39, 0.29) is 40.8 Å². The topological polar surface area (TPSA) is 101 Å². The molecule has 3 rings (SSSR count). The van der Waals surface area contributed by atoms with Gasteiger partial charge in [-0.1, -0.05) is 11.6 Å². The molecule has 8 heteroatoms. The lowest BCUT2D eigenvalue weighted by molar-refractivity contribution is -0.137. The largest absolute Gasteiger partial charge is 0.507 e. The number of rotatable bonds is 5. The minimum absolute atomic E-state index is 0.00853. The molecule has 0 spiro atoms. The van der Waals surface area contributed by atoms with Crippen LogP contribution in [0.5, 0.6) is 5.75 Å². The number of esters is 1. The van der Waals surface area contributed by atoms with E-state index in [1.165, 1.54) is 12.1 Å². The van der Waals surface area contributed by atoms with E-state index >= 15 is 0 Å². The summed E-state index contributed by atoms with van der Waals surface area (Å²) in [6, 6.07) is 4.25. The van der Waals surface area contributed by atoms with Crippen LogP contribution in [0.3, 0.4) is 0 Å². The van der Waals surface area contributed by atoms with E-state index in [1.807, 2.05) is 0 Å². The average molecular weight is 367 g/mol. The van der Waals surface area contributed by atoms with E-state index in [9.17, 15) is 23.1 Å². The van der Waals surface area contributed by atoms with Gasteiger partial charge in [-0.3, -0.25) is 4.79 Å². The molecule has 1 aromatic rings. The Bertz CT molecular complexity index is 799. The second-order valence-corrected chi connectivity index (χ2v) is 8.91. The summed E-state index contributed by atoms with van der Waals surface area (Å²) in [5, 5.41) is 9.75. The summed E-state index contributed by atoms with van der Waals surface area (Å²) in [7, 11) is -3.10. The Morgan fingerprint density at radius 2 is 1.96 bits per heavy atom. The fraction of sp³-hybridized carbons (Fsp3) is 0.529. The van der Waals surface area contributed by atoms with E-state index < -0.39 is 22.4 Å². The first-order valence-corrected chi connectivity index (χ1v) is 10.1. The molecule has 0 bridgehead atoms. The molecule has 1 aliphatic heterocycles. The van der Waals surface area contributed by atoms with Crippen molar-refractivity contribution in [3.63, 3.8) is 0 Å². The molecule has 1 saturated heterocycles. The van der Waals surface area contributed by atoms with Crippen LogP contribution in [0.2, 0.25) is 0 Å². The second-order valence-electron chi connectivity index (χ2n) is 6.69. The molecule has 1 atom stereocenters. The van der Waals surface area contributed by atoms with Crippen molar-refractivity contribution in [2.45, 2.75) is 38.3 Å². The highest BCUT2D eigenvalue weighted by Gasteiger charge is 2.42. The zero-order chi connectivity index (χ0) is 18.2. The van der Waals surface area contributed by atoms with Crippen molar-refractivity contribution in [1.82, 2.24) is 4.90 Å².